The van der Waals surface area contributed by atoms with Crippen LogP contribution in [0, 0.1) is 6.92 Å². The average molecular weight is 239 g/mol. The lowest BCUT2D eigenvalue weighted by Crippen LogP contribution is -2.25. The lowest BCUT2D eigenvalue weighted by Gasteiger charge is -2.19. The molecule has 90 valence electrons. The number of nitrogen functional groups attached to an aromatic ring is 1. The fraction of sp³-hybridized carbons (Fsp3) is 0.583. The van der Waals surface area contributed by atoms with Crippen molar-refractivity contribution in [2.24, 2.45) is 0 Å². The molecule has 1 atom stereocenters. The summed E-state index contributed by atoms with van der Waals surface area (Å²) in [6.07, 6.45) is 5.05. The molecule has 0 bridgehead atoms. The zero-order valence-corrected chi connectivity index (χ0v) is 11.1. The quantitative estimate of drug-likeness (QED) is 0.800. The van der Waals surface area contributed by atoms with Crippen LogP contribution in [0.5, 0.6) is 0 Å². The summed E-state index contributed by atoms with van der Waals surface area (Å²) in [5.41, 5.74) is 8.22. The molecule has 0 saturated carbocycles. The van der Waals surface area contributed by atoms with Crippen molar-refractivity contribution in [3.63, 3.8) is 0 Å². The van der Waals surface area contributed by atoms with E-state index in [-0.39, 0.29) is 0 Å². The Balaban J connectivity index is 2.85. The summed E-state index contributed by atoms with van der Waals surface area (Å²) in [5.74, 6) is 1.67. The molecule has 3 nitrogen and oxygen atoms in total. The van der Waals surface area contributed by atoms with Crippen LogP contribution < -0.4 is 11.1 Å². The average Bonchev–Trinajstić information content (AvgIpc) is 2.28. The number of hydrogen-bond acceptors (Lipinski definition) is 4. The molecule has 1 heterocycles. The van der Waals surface area contributed by atoms with Crippen LogP contribution in [0.2, 0.25) is 0 Å². The number of nitrogens with zero attached hydrogens (tertiary/aromatic N) is 1. The number of aryl methyl sites for hydroxylation is 1. The normalized spacial score (nSPS) is 12.7. The van der Waals surface area contributed by atoms with E-state index in [0.717, 1.165) is 29.8 Å². The number of nitrogens with two attached hydrogens (primary N) is 1. The van der Waals surface area contributed by atoms with Crippen molar-refractivity contribution >= 4 is 17.6 Å². The molecule has 0 spiro atoms. The number of hydrogen-bond donors (Lipinski definition) is 2. The monoisotopic (exact) mass is 239 g/mol. The van der Waals surface area contributed by atoms with E-state index in [9.17, 15) is 0 Å². The number of aromatic nitrogens is 1. The minimum absolute atomic E-state index is 0.308. The third-order valence-corrected chi connectivity index (χ3v) is 3.10. The number of thioether (sulfide) groups is 1. The van der Waals surface area contributed by atoms with Crippen LogP contribution in [0.3, 0.4) is 0 Å². The van der Waals surface area contributed by atoms with Crippen LogP contribution in [0.25, 0.3) is 0 Å². The van der Waals surface area contributed by atoms with E-state index < -0.39 is 0 Å². The molecule has 0 saturated heterocycles. The van der Waals surface area contributed by atoms with Crippen molar-refractivity contribution in [1.82, 2.24) is 10.3 Å². The second kappa shape index (κ2) is 6.76. The molecule has 0 fully saturated rings. The molecule has 0 radical (unpaired) electrons. The van der Waals surface area contributed by atoms with Crippen molar-refractivity contribution in [2.75, 3.05) is 24.3 Å². The lowest BCUT2D eigenvalue weighted by atomic mass is 10.1. The molecule has 0 aliphatic carbocycles. The van der Waals surface area contributed by atoms with Crippen molar-refractivity contribution in [1.29, 1.82) is 0 Å². The second-order valence-electron chi connectivity index (χ2n) is 3.95. The van der Waals surface area contributed by atoms with Crippen molar-refractivity contribution in [3.05, 3.63) is 23.4 Å². The molecular weight excluding hydrogens is 218 g/mol. The highest BCUT2D eigenvalue weighted by Gasteiger charge is 2.13. The summed E-state index contributed by atoms with van der Waals surface area (Å²) >= 11 is 1.82. The number of nitrogens with one attached hydrogen (secondary N) is 1. The van der Waals surface area contributed by atoms with E-state index in [1.54, 1.807) is 0 Å². The Bertz CT molecular complexity index is 328. The molecule has 0 aliphatic rings. The molecule has 1 rings (SSSR count). The summed E-state index contributed by atoms with van der Waals surface area (Å²) in [7, 11) is 0. The summed E-state index contributed by atoms with van der Waals surface area (Å²) in [6.45, 7) is 5.23. The summed E-state index contributed by atoms with van der Waals surface area (Å²) < 4.78 is 0. The highest BCUT2D eigenvalue weighted by atomic mass is 32.2. The first-order chi connectivity index (χ1) is 7.69. The minimum Gasteiger partial charge on any atom is -0.383 e. The van der Waals surface area contributed by atoms with Gasteiger partial charge in [-0.25, -0.2) is 4.98 Å². The van der Waals surface area contributed by atoms with E-state index in [4.69, 9.17) is 5.73 Å². The smallest absolute Gasteiger partial charge is 0.128 e. The van der Waals surface area contributed by atoms with Crippen LogP contribution in [-0.4, -0.2) is 23.5 Å². The maximum atomic E-state index is 5.93. The van der Waals surface area contributed by atoms with Gasteiger partial charge in [0.1, 0.15) is 5.82 Å². The molecule has 1 aromatic heterocycles. The van der Waals surface area contributed by atoms with Gasteiger partial charge in [-0.15, -0.1) is 0 Å². The first kappa shape index (κ1) is 13.3. The van der Waals surface area contributed by atoms with Gasteiger partial charge in [-0.3, -0.25) is 0 Å². The Kier molecular flexibility index (Phi) is 5.63. The Morgan fingerprint density at radius 3 is 2.94 bits per heavy atom. The molecule has 1 aromatic rings. The van der Waals surface area contributed by atoms with Gasteiger partial charge in [0.15, 0.2) is 0 Å². The zero-order valence-electron chi connectivity index (χ0n) is 10.3. The van der Waals surface area contributed by atoms with Crippen molar-refractivity contribution < 1.29 is 0 Å². The number of rotatable bonds is 6. The molecule has 1 unspecified atom stereocenters. The highest BCUT2D eigenvalue weighted by Crippen LogP contribution is 2.22. The molecule has 0 aromatic carbocycles. The zero-order chi connectivity index (χ0) is 12.0. The van der Waals surface area contributed by atoms with Gasteiger partial charge in [-0.1, -0.05) is 6.92 Å². The van der Waals surface area contributed by atoms with E-state index in [0.29, 0.717) is 11.9 Å². The summed E-state index contributed by atoms with van der Waals surface area (Å²) in [6, 6.07) is 2.44. The molecule has 0 amide bonds. The van der Waals surface area contributed by atoms with Crippen LogP contribution in [-0.2, 0) is 0 Å². The van der Waals surface area contributed by atoms with Gasteiger partial charge in [0.05, 0.1) is 0 Å². The topological polar surface area (TPSA) is 50.9 Å². The molecule has 16 heavy (non-hydrogen) atoms. The Morgan fingerprint density at radius 2 is 2.31 bits per heavy atom. The molecule has 3 N–H and O–H groups in total. The molecule has 4 heteroatoms. The fourth-order valence-corrected chi connectivity index (χ4v) is 2.26. The van der Waals surface area contributed by atoms with Crippen molar-refractivity contribution in [2.45, 2.75) is 26.3 Å². The van der Waals surface area contributed by atoms with Gasteiger partial charge in [0.2, 0.25) is 0 Å². The second-order valence-corrected chi connectivity index (χ2v) is 4.86. The Morgan fingerprint density at radius 1 is 1.56 bits per heavy atom. The third-order valence-electron chi connectivity index (χ3n) is 2.44. The maximum Gasteiger partial charge on any atom is 0.128 e. The third kappa shape index (κ3) is 3.68. The highest BCUT2D eigenvalue weighted by molar-refractivity contribution is 7.98. The standard InChI is InChI=1S/C12H21N3S/c1-4-5-14-11(8-16-3)10-6-9(2)7-15-12(10)13/h6-7,11,14H,4-5,8H2,1-3H3,(H2,13,15). The molecular formula is C12H21N3S. The molecule has 0 aliphatic heterocycles. The number of pyridine rings is 1. The predicted octanol–water partition coefficient (Wildman–Crippen LogP) is 2.38. The van der Waals surface area contributed by atoms with Crippen LogP contribution >= 0.6 is 11.8 Å². The van der Waals surface area contributed by atoms with E-state index in [1.165, 1.54) is 0 Å². The van der Waals surface area contributed by atoms with Gasteiger partial charge in [-0.2, -0.15) is 11.8 Å². The largest absolute Gasteiger partial charge is 0.383 e. The van der Waals surface area contributed by atoms with E-state index in [1.807, 2.05) is 24.9 Å². The summed E-state index contributed by atoms with van der Waals surface area (Å²) in [4.78, 5) is 4.22. The van der Waals surface area contributed by atoms with Gasteiger partial charge in [0.25, 0.3) is 0 Å². The Hall–Kier alpha value is -0.740. The van der Waals surface area contributed by atoms with Crippen LogP contribution in [0.1, 0.15) is 30.5 Å². The van der Waals surface area contributed by atoms with Crippen LogP contribution in [0.4, 0.5) is 5.82 Å². The minimum atomic E-state index is 0.308. The van der Waals surface area contributed by atoms with Crippen molar-refractivity contribution in [3.8, 4) is 0 Å². The van der Waals surface area contributed by atoms with Gasteiger partial charge < -0.3 is 11.1 Å². The van der Waals surface area contributed by atoms with E-state index in [2.05, 4.69) is 29.5 Å². The van der Waals surface area contributed by atoms with Crippen LogP contribution in [0.15, 0.2) is 12.3 Å². The van der Waals surface area contributed by atoms with Gasteiger partial charge in [0, 0.05) is 23.6 Å². The summed E-state index contributed by atoms with van der Waals surface area (Å²) in [5, 5.41) is 3.51. The predicted molar refractivity (Wildman–Crippen MR) is 72.8 cm³/mol. The Labute approximate surface area is 102 Å². The number of anilines is 1. The van der Waals surface area contributed by atoms with E-state index >= 15 is 0 Å². The first-order valence-corrected chi connectivity index (χ1v) is 7.02. The first-order valence-electron chi connectivity index (χ1n) is 5.63. The maximum absolute atomic E-state index is 5.93. The lowest BCUT2D eigenvalue weighted by molar-refractivity contribution is 0.577. The fourth-order valence-electron chi connectivity index (χ4n) is 1.63. The SMILES string of the molecule is CCCNC(CSC)c1cc(C)cnc1N. The van der Waals surface area contributed by atoms with Gasteiger partial charge in [-0.05, 0) is 37.8 Å². The van der Waals surface area contributed by atoms with Gasteiger partial charge >= 0.3 is 0 Å².